The highest BCUT2D eigenvalue weighted by Gasteiger charge is 2.12. The first kappa shape index (κ1) is 10.9. The van der Waals surface area contributed by atoms with Gasteiger partial charge in [-0.2, -0.15) is 0 Å². The second-order valence-corrected chi connectivity index (χ2v) is 3.76. The van der Waals surface area contributed by atoms with Crippen molar-refractivity contribution < 1.29 is 0 Å². The fourth-order valence-electron chi connectivity index (χ4n) is 1.81. The van der Waals surface area contributed by atoms with E-state index in [2.05, 4.69) is 9.97 Å². The summed E-state index contributed by atoms with van der Waals surface area (Å²) in [7, 11) is 0. The SMILES string of the molecule is CCn1c(=O)[nH]c(=O)c2c1[nH]c(=S)n2CC. The van der Waals surface area contributed by atoms with E-state index >= 15 is 0 Å². The molecule has 2 aromatic rings. The van der Waals surface area contributed by atoms with Crippen LogP contribution in [0.25, 0.3) is 11.2 Å². The largest absolute Gasteiger partial charge is 0.330 e. The molecule has 0 amide bonds. The van der Waals surface area contributed by atoms with Gasteiger partial charge in [-0.1, -0.05) is 0 Å². The van der Waals surface area contributed by atoms with Crippen LogP contribution in [0.2, 0.25) is 0 Å². The Hall–Kier alpha value is -1.63. The Kier molecular flexibility index (Phi) is 2.55. The zero-order valence-electron chi connectivity index (χ0n) is 9.03. The smallest absolute Gasteiger partial charge is 0.316 e. The van der Waals surface area contributed by atoms with Gasteiger partial charge in [0.1, 0.15) is 5.65 Å². The maximum absolute atomic E-state index is 11.7. The van der Waals surface area contributed by atoms with Gasteiger partial charge >= 0.3 is 5.69 Å². The van der Waals surface area contributed by atoms with E-state index in [0.717, 1.165) is 0 Å². The number of imidazole rings is 1. The predicted molar refractivity (Wildman–Crippen MR) is 63.4 cm³/mol. The van der Waals surface area contributed by atoms with Crippen LogP contribution in [0, 0.1) is 4.77 Å². The van der Waals surface area contributed by atoms with Crippen molar-refractivity contribution in [1.29, 1.82) is 0 Å². The highest BCUT2D eigenvalue weighted by Crippen LogP contribution is 2.07. The quantitative estimate of drug-likeness (QED) is 0.754. The van der Waals surface area contributed by atoms with Crippen molar-refractivity contribution in [3.63, 3.8) is 0 Å². The summed E-state index contributed by atoms with van der Waals surface area (Å²) in [5, 5.41) is 0. The molecule has 86 valence electrons. The number of nitrogens with zero attached hydrogens (tertiary/aromatic N) is 2. The minimum absolute atomic E-state index is 0.404. The molecule has 0 saturated heterocycles. The van der Waals surface area contributed by atoms with E-state index in [4.69, 9.17) is 12.2 Å². The first-order chi connectivity index (χ1) is 7.60. The predicted octanol–water partition coefficient (Wildman–Crippen LogP) is 0.589. The van der Waals surface area contributed by atoms with Crippen LogP contribution >= 0.6 is 12.2 Å². The summed E-state index contributed by atoms with van der Waals surface area (Å²) in [5.74, 6) is 0. The summed E-state index contributed by atoms with van der Waals surface area (Å²) < 4.78 is 3.59. The number of hydrogen-bond acceptors (Lipinski definition) is 3. The van der Waals surface area contributed by atoms with Crippen molar-refractivity contribution in [1.82, 2.24) is 19.1 Å². The number of aromatic nitrogens is 4. The molecule has 0 aliphatic heterocycles. The van der Waals surface area contributed by atoms with Gasteiger partial charge in [-0.05, 0) is 26.1 Å². The summed E-state index contributed by atoms with van der Waals surface area (Å²) in [6.45, 7) is 4.79. The molecule has 0 fully saturated rings. The van der Waals surface area contributed by atoms with Crippen LogP contribution in [0.5, 0.6) is 0 Å². The van der Waals surface area contributed by atoms with Gasteiger partial charge in [0.15, 0.2) is 10.3 Å². The van der Waals surface area contributed by atoms with Crippen molar-refractivity contribution in [3.05, 3.63) is 25.6 Å². The zero-order chi connectivity index (χ0) is 11.9. The van der Waals surface area contributed by atoms with Gasteiger partial charge in [0.05, 0.1) is 0 Å². The molecule has 2 rings (SSSR count). The molecule has 0 aromatic carbocycles. The Bertz CT molecular complexity index is 703. The van der Waals surface area contributed by atoms with E-state index in [1.807, 2.05) is 13.8 Å². The topological polar surface area (TPSA) is 75.6 Å². The third-order valence-corrected chi connectivity index (χ3v) is 2.87. The van der Waals surface area contributed by atoms with Crippen molar-refractivity contribution in [2.45, 2.75) is 26.9 Å². The maximum atomic E-state index is 11.7. The molecule has 16 heavy (non-hydrogen) atoms. The van der Waals surface area contributed by atoms with Crippen LogP contribution in [0.15, 0.2) is 9.59 Å². The lowest BCUT2D eigenvalue weighted by molar-refractivity contribution is 0.716. The maximum Gasteiger partial charge on any atom is 0.330 e. The van der Waals surface area contributed by atoms with Crippen molar-refractivity contribution in [2.24, 2.45) is 0 Å². The second-order valence-electron chi connectivity index (χ2n) is 3.38. The molecule has 6 nitrogen and oxygen atoms in total. The van der Waals surface area contributed by atoms with Crippen LogP contribution in [0.1, 0.15) is 13.8 Å². The van der Waals surface area contributed by atoms with Crippen molar-refractivity contribution in [3.8, 4) is 0 Å². The lowest BCUT2D eigenvalue weighted by Crippen LogP contribution is -2.30. The normalized spacial score (nSPS) is 11.1. The van der Waals surface area contributed by atoms with Crippen molar-refractivity contribution >= 4 is 23.4 Å². The number of nitrogens with one attached hydrogen (secondary N) is 2. The minimum Gasteiger partial charge on any atom is -0.316 e. The fourth-order valence-corrected chi connectivity index (χ4v) is 2.13. The first-order valence-corrected chi connectivity index (χ1v) is 5.46. The number of H-pyrrole nitrogens is 2. The minimum atomic E-state index is -0.417. The van der Waals surface area contributed by atoms with Crippen LogP contribution in [0.3, 0.4) is 0 Å². The molecule has 0 aliphatic carbocycles. The number of aryl methyl sites for hydroxylation is 2. The molecule has 2 aromatic heterocycles. The highest BCUT2D eigenvalue weighted by molar-refractivity contribution is 7.71. The average Bonchev–Trinajstić information content (AvgIpc) is 2.55. The summed E-state index contributed by atoms with van der Waals surface area (Å²) in [6, 6.07) is 0. The van der Waals surface area contributed by atoms with Gasteiger partial charge in [0.25, 0.3) is 5.56 Å². The Labute approximate surface area is 95.5 Å². The molecule has 0 spiro atoms. The summed E-state index contributed by atoms with van der Waals surface area (Å²) in [5.41, 5.74) is 0.0930. The van der Waals surface area contributed by atoms with E-state index < -0.39 is 11.2 Å². The van der Waals surface area contributed by atoms with Gasteiger partial charge in [-0.15, -0.1) is 0 Å². The van der Waals surface area contributed by atoms with Crippen LogP contribution in [-0.4, -0.2) is 19.1 Å². The third kappa shape index (κ3) is 1.35. The average molecular weight is 240 g/mol. The lowest BCUT2D eigenvalue weighted by atomic mass is 10.5. The van der Waals surface area contributed by atoms with Crippen LogP contribution in [-0.2, 0) is 13.1 Å². The van der Waals surface area contributed by atoms with E-state index in [1.54, 1.807) is 4.57 Å². The molecule has 0 bridgehead atoms. The summed E-state index contributed by atoms with van der Waals surface area (Å²) in [4.78, 5) is 28.4. The molecule has 7 heteroatoms. The highest BCUT2D eigenvalue weighted by atomic mass is 32.1. The molecule has 0 atom stereocenters. The number of hydrogen-bond donors (Lipinski definition) is 2. The zero-order valence-corrected chi connectivity index (χ0v) is 9.85. The molecule has 0 radical (unpaired) electrons. The van der Waals surface area contributed by atoms with E-state index in [-0.39, 0.29) is 0 Å². The number of rotatable bonds is 2. The molecule has 0 saturated carbocycles. The van der Waals surface area contributed by atoms with Gasteiger partial charge in [0.2, 0.25) is 0 Å². The second kappa shape index (κ2) is 3.75. The Morgan fingerprint density at radius 2 is 1.75 bits per heavy atom. The Balaban J connectivity index is 3.11. The van der Waals surface area contributed by atoms with Crippen LogP contribution < -0.4 is 11.2 Å². The molecular weight excluding hydrogens is 228 g/mol. The molecule has 0 unspecified atom stereocenters. The standard InChI is InChI=1S/C9H12N4O2S/c1-3-12-5-6(10-9(12)16)13(4-2)8(15)11-7(5)14/h3-4H2,1-2H3,(H,10,16)(H,11,14,15). The lowest BCUT2D eigenvalue weighted by Gasteiger charge is -2.02. The summed E-state index contributed by atoms with van der Waals surface area (Å²) >= 11 is 5.10. The van der Waals surface area contributed by atoms with E-state index in [9.17, 15) is 9.59 Å². The molecule has 0 aliphatic rings. The van der Waals surface area contributed by atoms with Gasteiger partial charge in [0, 0.05) is 13.1 Å². The first-order valence-electron chi connectivity index (χ1n) is 5.05. The third-order valence-electron chi connectivity index (χ3n) is 2.55. The van der Waals surface area contributed by atoms with Crippen LogP contribution in [0.4, 0.5) is 0 Å². The van der Waals surface area contributed by atoms with Gasteiger partial charge in [-0.25, -0.2) is 4.79 Å². The van der Waals surface area contributed by atoms with Gasteiger partial charge in [-0.3, -0.25) is 14.3 Å². The number of fused-ring (bicyclic) bond motifs is 1. The fraction of sp³-hybridized carbons (Fsp3) is 0.444. The molecular formula is C9H12N4O2S. The van der Waals surface area contributed by atoms with Gasteiger partial charge < -0.3 is 9.55 Å². The Morgan fingerprint density at radius 1 is 1.12 bits per heavy atom. The number of aromatic amines is 2. The molecule has 2 heterocycles. The monoisotopic (exact) mass is 240 g/mol. The molecule has 2 N–H and O–H groups in total. The van der Waals surface area contributed by atoms with Crippen molar-refractivity contribution in [2.75, 3.05) is 0 Å². The van der Waals surface area contributed by atoms with E-state index in [0.29, 0.717) is 29.0 Å². The van der Waals surface area contributed by atoms with E-state index in [1.165, 1.54) is 4.57 Å². The Morgan fingerprint density at radius 3 is 2.31 bits per heavy atom. The summed E-state index contributed by atoms with van der Waals surface area (Å²) in [6.07, 6.45) is 0.